The number of rotatable bonds is 5. The first-order valence-corrected chi connectivity index (χ1v) is 6.89. The number of likely N-dealkylation sites (tertiary alicyclic amines) is 1. The average molecular weight is 271 g/mol. The lowest BCUT2D eigenvalue weighted by atomic mass is 9.90. The number of aliphatic hydroxyl groups is 1. The summed E-state index contributed by atoms with van der Waals surface area (Å²) in [5.74, 6) is 0.211. The van der Waals surface area contributed by atoms with Crippen LogP contribution in [-0.4, -0.2) is 47.7 Å². The number of amides is 3. The van der Waals surface area contributed by atoms with Crippen molar-refractivity contribution in [3.8, 4) is 0 Å². The largest absolute Gasteiger partial charge is 0.396 e. The molecule has 4 N–H and O–H groups in total. The Morgan fingerprint density at radius 1 is 1.42 bits per heavy atom. The molecule has 1 rings (SSSR count). The summed E-state index contributed by atoms with van der Waals surface area (Å²) < 4.78 is 0. The molecule has 1 saturated heterocycles. The Bertz CT molecular complexity index is 320. The standard InChI is InChI=1S/C13H25N3O3/c1-9(2)12(18)15-11-6-10(4-3-5-17)7-16(8-11)13(14)19/h9-11,17H,3-8H2,1-2H3,(H2,14,19)(H,15,18). The number of piperidine rings is 1. The molecule has 2 unspecified atom stereocenters. The molecular weight excluding hydrogens is 246 g/mol. The third-order valence-electron chi connectivity index (χ3n) is 3.49. The van der Waals surface area contributed by atoms with Gasteiger partial charge in [-0.2, -0.15) is 0 Å². The fraction of sp³-hybridized carbons (Fsp3) is 0.846. The maximum Gasteiger partial charge on any atom is 0.314 e. The molecule has 1 aliphatic rings. The highest BCUT2D eigenvalue weighted by atomic mass is 16.3. The van der Waals surface area contributed by atoms with Crippen LogP contribution in [0.3, 0.4) is 0 Å². The summed E-state index contributed by atoms with van der Waals surface area (Å²) in [6, 6.07) is -0.489. The highest BCUT2D eigenvalue weighted by Gasteiger charge is 2.29. The molecular formula is C13H25N3O3. The first-order valence-electron chi connectivity index (χ1n) is 6.89. The quantitative estimate of drug-likeness (QED) is 0.671. The van der Waals surface area contributed by atoms with Crippen molar-refractivity contribution in [2.75, 3.05) is 19.7 Å². The predicted molar refractivity (Wildman–Crippen MR) is 72.4 cm³/mol. The Kier molecular flexibility index (Phi) is 6.08. The van der Waals surface area contributed by atoms with Crippen LogP contribution in [0.15, 0.2) is 0 Å². The van der Waals surface area contributed by atoms with E-state index in [1.54, 1.807) is 4.90 Å². The predicted octanol–water partition coefficient (Wildman–Crippen LogP) is 0.300. The molecule has 0 bridgehead atoms. The molecule has 2 atom stereocenters. The Morgan fingerprint density at radius 3 is 2.63 bits per heavy atom. The van der Waals surface area contributed by atoms with Gasteiger partial charge in [-0.3, -0.25) is 4.79 Å². The van der Waals surface area contributed by atoms with Crippen molar-refractivity contribution in [1.29, 1.82) is 0 Å². The summed E-state index contributed by atoms with van der Waals surface area (Å²) in [7, 11) is 0. The van der Waals surface area contributed by atoms with Crippen LogP contribution in [0.25, 0.3) is 0 Å². The fourth-order valence-corrected chi connectivity index (χ4v) is 2.45. The van der Waals surface area contributed by atoms with Crippen LogP contribution in [0.4, 0.5) is 4.79 Å². The van der Waals surface area contributed by atoms with E-state index in [2.05, 4.69) is 5.32 Å². The van der Waals surface area contributed by atoms with E-state index in [1.807, 2.05) is 13.8 Å². The zero-order chi connectivity index (χ0) is 14.4. The third-order valence-corrected chi connectivity index (χ3v) is 3.49. The van der Waals surface area contributed by atoms with Crippen molar-refractivity contribution >= 4 is 11.9 Å². The van der Waals surface area contributed by atoms with Gasteiger partial charge in [0.05, 0.1) is 0 Å². The van der Waals surface area contributed by atoms with E-state index in [-0.39, 0.29) is 30.4 Å². The number of hydrogen-bond acceptors (Lipinski definition) is 3. The van der Waals surface area contributed by atoms with E-state index in [4.69, 9.17) is 10.8 Å². The zero-order valence-corrected chi connectivity index (χ0v) is 11.8. The molecule has 0 saturated carbocycles. The van der Waals surface area contributed by atoms with E-state index in [9.17, 15) is 9.59 Å². The van der Waals surface area contributed by atoms with Gasteiger partial charge in [0.25, 0.3) is 0 Å². The monoisotopic (exact) mass is 271 g/mol. The number of aliphatic hydroxyl groups excluding tert-OH is 1. The van der Waals surface area contributed by atoms with Crippen LogP contribution in [0.1, 0.15) is 33.1 Å². The number of carbonyl (C=O) groups is 2. The summed E-state index contributed by atoms with van der Waals surface area (Å²) >= 11 is 0. The smallest absolute Gasteiger partial charge is 0.314 e. The number of carbonyl (C=O) groups excluding carboxylic acids is 2. The molecule has 0 radical (unpaired) electrons. The zero-order valence-electron chi connectivity index (χ0n) is 11.8. The lowest BCUT2D eigenvalue weighted by Crippen LogP contribution is -2.54. The molecule has 19 heavy (non-hydrogen) atoms. The number of urea groups is 1. The molecule has 110 valence electrons. The van der Waals surface area contributed by atoms with E-state index < -0.39 is 6.03 Å². The Labute approximate surface area is 114 Å². The lowest BCUT2D eigenvalue weighted by molar-refractivity contribution is -0.125. The number of primary amides is 1. The summed E-state index contributed by atoms with van der Waals surface area (Å²) in [5.41, 5.74) is 5.34. The second-order valence-electron chi connectivity index (χ2n) is 5.57. The Morgan fingerprint density at radius 2 is 2.11 bits per heavy atom. The van der Waals surface area contributed by atoms with Gasteiger partial charge in [-0.25, -0.2) is 4.79 Å². The van der Waals surface area contributed by atoms with E-state index in [0.29, 0.717) is 19.5 Å². The molecule has 0 spiro atoms. The second kappa shape index (κ2) is 7.33. The highest BCUT2D eigenvalue weighted by molar-refractivity contribution is 5.78. The van der Waals surface area contributed by atoms with Crippen molar-refractivity contribution in [1.82, 2.24) is 10.2 Å². The number of nitrogens with zero attached hydrogens (tertiary/aromatic N) is 1. The van der Waals surface area contributed by atoms with Crippen molar-refractivity contribution in [2.24, 2.45) is 17.6 Å². The van der Waals surface area contributed by atoms with Gasteiger partial charge in [-0.05, 0) is 25.2 Å². The minimum Gasteiger partial charge on any atom is -0.396 e. The first kappa shape index (κ1) is 15.8. The van der Waals surface area contributed by atoms with E-state index in [0.717, 1.165) is 12.8 Å². The van der Waals surface area contributed by atoms with Gasteiger partial charge >= 0.3 is 6.03 Å². The second-order valence-corrected chi connectivity index (χ2v) is 5.57. The van der Waals surface area contributed by atoms with Crippen LogP contribution in [0.2, 0.25) is 0 Å². The van der Waals surface area contributed by atoms with Crippen molar-refractivity contribution in [3.05, 3.63) is 0 Å². The van der Waals surface area contributed by atoms with Gasteiger partial charge in [0.2, 0.25) is 5.91 Å². The molecule has 1 heterocycles. The van der Waals surface area contributed by atoms with Crippen molar-refractivity contribution in [3.63, 3.8) is 0 Å². The molecule has 3 amide bonds. The molecule has 0 aromatic heterocycles. The minimum absolute atomic E-state index is 0.00257. The van der Waals surface area contributed by atoms with Crippen molar-refractivity contribution < 1.29 is 14.7 Å². The van der Waals surface area contributed by atoms with Crippen LogP contribution in [-0.2, 0) is 4.79 Å². The van der Waals surface area contributed by atoms with E-state index in [1.165, 1.54) is 0 Å². The van der Waals surface area contributed by atoms with Crippen LogP contribution >= 0.6 is 0 Å². The third kappa shape index (κ3) is 5.06. The number of hydrogen-bond donors (Lipinski definition) is 3. The summed E-state index contributed by atoms with van der Waals surface area (Å²) in [5, 5.41) is 11.8. The molecule has 6 heteroatoms. The normalized spacial score (nSPS) is 23.5. The SMILES string of the molecule is CC(C)C(=O)NC1CC(CCCO)CN(C(N)=O)C1. The van der Waals surface area contributed by atoms with Gasteiger partial charge < -0.3 is 21.1 Å². The molecule has 0 aromatic rings. The van der Waals surface area contributed by atoms with Crippen LogP contribution < -0.4 is 11.1 Å². The number of nitrogens with one attached hydrogen (secondary N) is 1. The molecule has 6 nitrogen and oxygen atoms in total. The van der Waals surface area contributed by atoms with Gasteiger partial charge in [0.1, 0.15) is 0 Å². The summed E-state index contributed by atoms with van der Waals surface area (Å²) in [6.07, 6.45) is 2.39. The van der Waals surface area contributed by atoms with Gasteiger partial charge in [0.15, 0.2) is 0 Å². The van der Waals surface area contributed by atoms with Gasteiger partial charge in [-0.1, -0.05) is 13.8 Å². The molecule has 1 fully saturated rings. The maximum absolute atomic E-state index is 11.7. The Hall–Kier alpha value is -1.30. The average Bonchev–Trinajstić information content (AvgIpc) is 2.35. The topological polar surface area (TPSA) is 95.7 Å². The van der Waals surface area contributed by atoms with Crippen LogP contribution in [0.5, 0.6) is 0 Å². The van der Waals surface area contributed by atoms with E-state index >= 15 is 0 Å². The number of nitrogens with two attached hydrogens (primary N) is 1. The van der Waals surface area contributed by atoms with Gasteiger partial charge in [0, 0.05) is 31.7 Å². The molecule has 1 aliphatic heterocycles. The van der Waals surface area contributed by atoms with Crippen LogP contribution in [0, 0.1) is 11.8 Å². The fourth-order valence-electron chi connectivity index (χ4n) is 2.45. The highest BCUT2D eigenvalue weighted by Crippen LogP contribution is 2.21. The Balaban J connectivity index is 2.59. The summed E-state index contributed by atoms with van der Waals surface area (Å²) in [4.78, 5) is 24.6. The lowest BCUT2D eigenvalue weighted by Gasteiger charge is -2.37. The molecule has 0 aliphatic carbocycles. The summed E-state index contributed by atoms with van der Waals surface area (Å²) in [6.45, 7) is 4.92. The van der Waals surface area contributed by atoms with Gasteiger partial charge in [-0.15, -0.1) is 0 Å². The maximum atomic E-state index is 11.7. The van der Waals surface area contributed by atoms with Crippen molar-refractivity contribution in [2.45, 2.75) is 39.2 Å². The minimum atomic E-state index is -0.447. The molecule has 0 aromatic carbocycles. The first-order chi connectivity index (χ1) is 8.93.